The highest BCUT2D eigenvalue weighted by Gasteiger charge is 2.57. The number of aliphatic hydroxyl groups is 1. The lowest BCUT2D eigenvalue weighted by Crippen LogP contribution is -2.51. The van der Waals surface area contributed by atoms with E-state index in [1.807, 2.05) is 0 Å². The van der Waals surface area contributed by atoms with Gasteiger partial charge in [-0.25, -0.2) is 9.37 Å². The summed E-state index contributed by atoms with van der Waals surface area (Å²) in [6, 6.07) is 11.7. The summed E-state index contributed by atoms with van der Waals surface area (Å²) in [6.07, 6.45) is -2.24. The molecule has 0 spiro atoms. The standard InChI is InChI=1S/C28H22F4N4O4/c1-26(25(33)38)14-40-23-20(26)11-21(36-22(23)15-4-6-19(29)7-5-15)27(39,28(30,31)32)13-35-24(37)17-2-3-18-12-34-9-8-16(18)10-17/h2-12,39H,13-14H2,1H3,(H2,33,38)(H,35,37)/t26-,27-/m0/s1. The molecule has 0 saturated carbocycles. The number of alkyl halides is 3. The van der Waals surface area contributed by atoms with Crippen LogP contribution < -0.4 is 15.8 Å². The lowest BCUT2D eigenvalue weighted by atomic mass is 9.81. The number of nitrogens with zero attached hydrogens (tertiary/aromatic N) is 2. The number of carbonyl (C=O) groups is 2. The number of halogens is 4. The molecule has 2 aromatic heterocycles. The van der Waals surface area contributed by atoms with Crippen molar-refractivity contribution in [2.45, 2.75) is 24.1 Å². The monoisotopic (exact) mass is 554 g/mol. The summed E-state index contributed by atoms with van der Waals surface area (Å²) in [6.45, 7) is -0.189. The molecule has 2 aromatic carbocycles. The maximum Gasteiger partial charge on any atom is 0.424 e. The van der Waals surface area contributed by atoms with E-state index >= 15 is 0 Å². The third kappa shape index (κ3) is 4.49. The van der Waals surface area contributed by atoms with E-state index in [4.69, 9.17) is 10.5 Å². The summed E-state index contributed by atoms with van der Waals surface area (Å²) in [5.41, 5.74) is -0.513. The van der Waals surface area contributed by atoms with Gasteiger partial charge in [-0.15, -0.1) is 0 Å². The Kier molecular flexibility index (Phi) is 6.45. The summed E-state index contributed by atoms with van der Waals surface area (Å²) in [4.78, 5) is 33.2. The Labute approximate surface area is 224 Å². The van der Waals surface area contributed by atoms with Gasteiger partial charge < -0.3 is 20.9 Å². The third-order valence-corrected chi connectivity index (χ3v) is 7.03. The molecule has 4 N–H and O–H groups in total. The SMILES string of the molecule is C[C@]1(C(N)=O)COc2c1cc([C@@](O)(CNC(=O)c1ccc3cnccc3c1)C(F)(F)F)nc2-c1ccc(F)cc1. The van der Waals surface area contributed by atoms with Crippen molar-refractivity contribution < 1.29 is 37.0 Å². The fraction of sp³-hybridized carbons (Fsp3) is 0.214. The van der Waals surface area contributed by atoms with Gasteiger partial charge >= 0.3 is 6.18 Å². The van der Waals surface area contributed by atoms with Gasteiger partial charge in [0.2, 0.25) is 11.5 Å². The van der Waals surface area contributed by atoms with E-state index in [1.165, 1.54) is 37.4 Å². The van der Waals surface area contributed by atoms with Crippen LogP contribution in [0.15, 0.2) is 67.0 Å². The van der Waals surface area contributed by atoms with Crippen LogP contribution in [-0.2, 0) is 15.8 Å². The smallest absolute Gasteiger partial charge is 0.424 e. The number of amides is 2. The number of nitrogens with one attached hydrogen (secondary N) is 1. The highest BCUT2D eigenvalue weighted by Crippen LogP contribution is 2.47. The minimum atomic E-state index is -5.32. The van der Waals surface area contributed by atoms with Gasteiger partial charge in [0, 0.05) is 34.5 Å². The number of benzene rings is 2. The van der Waals surface area contributed by atoms with Gasteiger partial charge in [0.1, 0.15) is 29.3 Å². The zero-order valence-electron chi connectivity index (χ0n) is 20.9. The first kappa shape index (κ1) is 27.0. The van der Waals surface area contributed by atoms with Crippen LogP contribution in [0.2, 0.25) is 0 Å². The molecule has 206 valence electrons. The van der Waals surface area contributed by atoms with Crippen molar-refractivity contribution in [1.29, 1.82) is 0 Å². The van der Waals surface area contributed by atoms with Gasteiger partial charge in [0.25, 0.3) is 5.91 Å². The maximum absolute atomic E-state index is 14.5. The number of pyridine rings is 2. The first-order chi connectivity index (χ1) is 18.8. The average molecular weight is 555 g/mol. The molecule has 8 nitrogen and oxygen atoms in total. The third-order valence-electron chi connectivity index (χ3n) is 7.03. The van der Waals surface area contributed by atoms with Crippen LogP contribution >= 0.6 is 0 Å². The van der Waals surface area contributed by atoms with E-state index in [1.54, 1.807) is 18.3 Å². The molecule has 40 heavy (non-hydrogen) atoms. The van der Waals surface area contributed by atoms with Crippen molar-refractivity contribution in [2.24, 2.45) is 5.73 Å². The van der Waals surface area contributed by atoms with Crippen LogP contribution in [0.4, 0.5) is 17.6 Å². The normalized spacial score (nSPS) is 18.1. The Morgan fingerprint density at radius 3 is 2.50 bits per heavy atom. The molecule has 0 unspecified atom stereocenters. The highest BCUT2D eigenvalue weighted by molar-refractivity contribution is 5.98. The zero-order valence-corrected chi connectivity index (χ0v) is 20.9. The van der Waals surface area contributed by atoms with Crippen molar-refractivity contribution in [3.05, 3.63) is 89.6 Å². The van der Waals surface area contributed by atoms with E-state index in [2.05, 4.69) is 15.3 Å². The van der Waals surface area contributed by atoms with Crippen molar-refractivity contribution in [3.63, 3.8) is 0 Å². The van der Waals surface area contributed by atoms with Crippen molar-refractivity contribution in [3.8, 4) is 17.0 Å². The van der Waals surface area contributed by atoms with Crippen LogP contribution in [0, 0.1) is 5.82 Å². The van der Waals surface area contributed by atoms with E-state index < -0.39 is 47.1 Å². The van der Waals surface area contributed by atoms with Gasteiger partial charge in [-0.3, -0.25) is 14.6 Å². The summed E-state index contributed by atoms with van der Waals surface area (Å²) in [5.74, 6) is -2.36. The van der Waals surface area contributed by atoms with Crippen molar-refractivity contribution in [1.82, 2.24) is 15.3 Å². The first-order valence-corrected chi connectivity index (χ1v) is 12.0. The molecule has 1 aliphatic rings. The molecule has 4 aromatic rings. The number of rotatable bonds is 6. The van der Waals surface area contributed by atoms with Gasteiger partial charge in [-0.2, -0.15) is 13.2 Å². The summed E-state index contributed by atoms with van der Waals surface area (Å²) >= 11 is 0. The Hall–Kier alpha value is -4.58. The molecule has 1 aliphatic heterocycles. The molecular weight excluding hydrogens is 532 g/mol. The molecule has 2 atom stereocenters. The van der Waals surface area contributed by atoms with Gasteiger partial charge in [-0.1, -0.05) is 6.07 Å². The Bertz CT molecular complexity index is 1640. The van der Waals surface area contributed by atoms with Gasteiger partial charge in [0.05, 0.1) is 12.2 Å². The molecule has 5 rings (SSSR count). The van der Waals surface area contributed by atoms with Crippen LogP contribution in [-0.4, -0.2) is 46.2 Å². The van der Waals surface area contributed by atoms with Crippen LogP contribution in [0.25, 0.3) is 22.0 Å². The molecule has 0 bridgehead atoms. The second kappa shape index (κ2) is 9.56. The molecule has 0 saturated heterocycles. The topological polar surface area (TPSA) is 127 Å². The molecule has 0 aliphatic carbocycles. The quantitative estimate of drug-likeness (QED) is 0.312. The Morgan fingerprint density at radius 2 is 1.82 bits per heavy atom. The number of primary amides is 1. The molecular formula is C28H22F4N4O4. The average Bonchev–Trinajstić information content (AvgIpc) is 3.28. The predicted molar refractivity (Wildman–Crippen MR) is 136 cm³/mol. The summed E-state index contributed by atoms with van der Waals surface area (Å²) in [5, 5.41) is 14.6. The minimum Gasteiger partial charge on any atom is -0.489 e. The molecule has 0 radical (unpaired) electrons. The van der Waals surface area contributed by atoms with E-state index in [0.717, 1.165) is 23.6 Å². The number of nitrogens with two attached hydrogens (primary N) is 1. The largest absolute Gasteiger partial charge is 0.489 e. The van der Waals surface area contributed by atoms with Crippen LogP contribution in [0.3, 0.4) is 0 Å². The highest BCUT2D eigenvalue weighted by atomic mass is 19.4. The number of hydrogen-bond donors (Lipinski definition) is 3. The van der Waals surface area contributed by atoms with E-state index in [9.17, 15) is 32.3 Å². The number of ether oxygens (including phenoxy) is 1. The zero-order chi connectivity index (χ0) is 28.9. The molecule has 2 amide bonds. The lowest BCUT2D eigenvalue weighted by Gasteiger charge is -2.31. The molecule has 0 fully saturated rings. The second-order valence-corrected chi connectivity index (χ2v) is 9.70. The maximum atomic E-state index is 14.5. The van der Waals surface area contributed by atoms with Crippen LogP contribution in [0.1, 0.15) is 28.5 Å². The van der Waals surface area contributed by atoms with E-state index in [0.29, 0.717) is 5.39 Å². The number of carbonyl (C=O) groups excluding carboxylic acids is 2. The second-order valence-electron chi connectivity index (χ2n) is 9.70. The minimum absolute atomic E-state index is 0.0177. The van der Waals surface area contributed by atoms with Gasteiger partial charge in [-0.05, 0) is 60.8 Å². The Balaban J connectivity index is 1.58. The Morgan fingerprint density at radius 1 is 1.10 bits per heavy atom. The number of aromatic nitrogens is 2. The number of hydrogen-bond acceptors (Lipinski definition) is 6. The van der Waals surface area contributed by atoms with Gasteiger partial charge in [0.15, 0.2) is 0 Å². The fourth-order valence-corrected chi connectivity index (χ4v) is 4.47. The fourth-order valence-electron chi connectivity index (χ4n) is 4.47. The first-order valence-electron chi connectivity index (χ1n) is 12.0. The lowest BCUT2D eigenvalue weighted by molar-refractivity contribution is -0.265. The molecule has 12 heteroatoms. The summed E-state index contributed by atoms with van der Waals surface area (Å²) < 4.78 is 62.8. The van der Waals surface area contributed by atoms with Crippen molar-refractivity contribution in [2.75, 3.05) is 13.2 Å². The molecule has 3 heterocycles. The van der Waals surface area contributed by atoms with Crippen molar-refractivity contribution >= 4 is 22.6 Å². The van der Waals surface area contributed by atoms with E-state index in [-0.39, 0.29) is 34.7 Å². The van der Waals surface area contributed by atoms with Crippen LogP contribution in [0.5, 0.6) is 5.75 Å². The summed E-state index contributed by atoms with van der Waals surface area (Å²) in [7, 11) is 0. The number of fused-ring (bicyclic) bond motifs is 2. The predicted octanol–water partition coefficient (Wildman–Crippen LogP) is 3.75.